The van der Waals surface area contributed by atoms with Crippen molar-refractivity contribution in [2.24, 2.45) is 0 Å². The Morgan fingerprint density at radius 3 is 2.68 bits per heavy atom. The molecule has 0 fully saturated rings. The Kier molecular flexibility index (Phi) is 4.98. The van der Waals surface area contributed by atoms with E-state index in [1.807, 2.05) is 0 Å². The molecule has 0 spiro atoms. The van der Waals surface area contributed by atoms with Crippen LogP contribution in [-0.4, -0.2) is 30.8 Å². The molecule has 1 aliphatic heterocycles. The zero-order chi connectivity index (χ0) is 17.6. The quantitative estimate of drug-likeness (QED) is 0.469. The van der Waals surface area contributed by atoms with E-state index < -0.39 is 4.92 Å². The summed E-state index contributed by atoms with van der Waals surface area (Å²) in [4.78, 5) is 22.0. The molecule has 2 aromatic carbocycles. The third kappa shape index (κ3) is 4.37. The SMILES string of the molecule is O=C(Cc1ccc([N+](=O)[O-])cc1)NCCOc1ccc2c(c1)OCO2. The van der Waals surface area contributed by atoms with Crippen molar-refractivity contribution in [1.29, 1.82) is 0 Å². The Balaban J connectivity index is 1.40. The number of amides is 1. The number of rotatable bonds is 7. The number of ether oxygens (including phenoxy) is 3. The van der Waals surface area contributed by atoms with Crippen molar-refractivity contribution in [3.8, 4) is 17.2 Å². The number of hydrogen-bond donors (Lipinski definition) is 1. The molecule has 0 radical (unpaired) electrons. The van der Waals surface area contributed by atoms with Gasteiger partial charge >= 0.3 is 0 Å². The van der Waals surface area contributed by atoms with Crippen LogP contribution in [0.5, 0.6) is 17.2 Å². The predicted octanol–water partition coefficient (Wildman–Crippen LogP) is 2.06. The van der Waals surface area contributed by atoms with E-state index >= 15 is 0 Å². The fourth-order valence-electron chi connectivity index (χ4n) is 2.31. The van der Waals surface area contributed by atoms with Gasteiger partial charge in [-0.1, -0.05) is 12.1 Å². The van der Waals surface area contributed by atoms with E-state index in [0.29, 0.717) is 36.0 Å². The fraction of sp³-hybridized carbons (Fsp3) is 0.235. The van der Waals surface area contributed by atoms with Gasteiger partial charge < -0.3 is 19.5 Å². The van der Waals surface area contributed by atoms with Crippen LogP contribution in [0.15, 0.2) is 42.5 Å². The summed E-state index contributed by atoms with van der Waals surface area (Å²) in [7, 11) is 0. The summed E-state index contributed by atoms with van der Waals surface area (Å²) in [5.74, 6) is 1.78. The van der Waals surface area contributed by atoms with Gasteiger partial charge in [0.2, 0.25) is 12.7 Å². The number of nitro groups is 1. The van der Waals surface area contributed by atoms with Gasteiger partial charge in [-0.25, -0.2) is 0 Å². The van der Waals surface area contributed by atoms with Crippen LogP contribution >= 0.6 is 0 Å². The van der Waals surface area contributed by atoms with Gasteiger partial charge in [-0.15, -0.1) is 0 Å². The van der Waals surface area contributed by atoms with Gasteiger partial charge in [-0.05, 0) is 17.7 Å². The lowest BCUT2D eigenvalue weighted by Crippen LogP contribution is -2.29. The number of benzene rings is 2. The highest BCUT2D eigenvalue weighted by atomic mass is 16.7. The van der Waals surface area contributed by atoms with Crippen LogP contribution in [0, 0.1) is 10.1 Å². The molecule has 130 valence electrons. The standard InChI is InChI=1S/C17H16N2O6/c20-17(9-12-1-3-13(4-2-12)19(21)22)18-7-8-23-14-5-6-15-16(10-14)25-11-24-15/h1-6,10H,7-9,11H2,(H,18,20). The Labute approximate surface area is 143 Å². The Hall–Kier alpha value is -3.29. The third-order valence-electron chi connectivity index (χ3n) is 3.55. The van der Waals surface area contributed by atoms with Gasteiger partial charge in [-0.2, -0.15) is 0 Å². The third-order valence-corrected chi connectivity index (χ3v) is 3.55. The Morgan fingerprint density at radius 1 is 1.16 bits per heavy atom. The molecule has 0 aliphatic carbocycles. The highest BCUT2D eigenvalue weighted by molar-refractivity contribution is 5.78. The summed E-state index contributed by atoms with van der Waals surface area (Å²) >= 11 is 0. The predicted molar refractivity (Wildman–Crippen MR) is 87.9 cm³/mol. The minimum absolute atomic E-state index is 0.00119. The summed E-state index contributed by atoms with van der Waals surface area (Å²) in [6.07, 6.45) is 0.155. The van der Waals surface area contributed by atoms with E-state index in [-0.39, 0.29) is 24.8 Å². The van der Waals surface area contributed by atoms with E-state index in [4.69, 9.17) is 14.2 Å². The number of fused-ring (bicyclic) bond motifs is 1. The maximum atomic E-state index is 11.9. The Morgan fingerprint density at radius 2 is 1.92 bits per heavy atom. The lowest BCUT2D eigenvalue weighted by molar-refractivity contribution is -0.384. The van der Waals surface area contributed by atoms with Crippen molar-refractivity contribution >= 4 is 11.6 Å². The monoisotopic (exact) mass is 344 g/mol. The highest BCUT2D eigenvalue weighted by Gasteiger charge is 2.13. The number of nitro benzene ring substituents is 1. The van der Waals surface area contributed by atoms with Gasteiger partial charge in [0.05, 0.1) is 17.9 Å². The summed E-state index contributed by atoms with van der Waals surface area (Å²) in [6.45, 7) is 0.864. The summed E-state index contributed by atoms with van der Waals surface area (Å²) < 4.78 is 16.0. The topological polar surface area (TPSA) is 99.9 Å². The molecule has 1 aliphatic rings. The van der Waals surface area contributed by atoms with Crippen molar-refractivity contribution in [2.45, 2.75) is 6.42 Å². The van der Waals surface area contributed by atoms with Crippen LogP contribution in [0.1, 0.15) is 5.56 Å². The molecule has 8 heteroatoms. The van der Waals surface area contributed by atoms with Gasteiger partial charge in [0.15, 0.2) is 11.5 Å². The number of nitrogens with zero attached hydrogens (tertiary/aromatic N) is 1. The number of nitrogens with one attached hydrogen (secondary N) is 1. The Bertz CT molecular complexity index is 775. The zero-order valence-corrected chi connectivity index (χ0v) is 13.3. The van der Waals surface area contributed by atoms with Gasteiger partial charge in [0.25, 0.3) is 5.69 Å². The first-order valence-corrected chi connectivity index (χ1v) is 7.64. The van der Waals surface area contributed by atoms with Gasteiger partial charge in [-0.3, -0.25) is 14.9 Å². The van der Waals surface area contributed by atoms with E-state index in [1.54, 1.807) is 30.3 Å². The summed E-state index contributed by atoms with van der Waals surface area (Å²) in [5, 5.41) is 13.3. The summed E-state index contributed by atoms with van der Waals surface area (Å²) in [5.41, 5.74) is 0.709. The number of carbonyl (C=O) groups excluding carboxylic acids is 1. The molecule has 1 N–H and O–H groups in total. The van der Waals surface area contributed by atoms with Crippen molar-refractivity contribution in [2.75, 3.05) is 19.9 Å². The number of non-ortho nitro benzene ring substituents is 1. The maximum Gasteiger partial charge on any atom is 0.269 e. The molecule has 0 atom stereocenters. The molecule has 25 heavy (non-hydrogen) atoms. The van der Waals surface area contributed by atoms with Crippen molar-refractivity contribution in [1.82, 2.24) is 5.32 Å². The van der Waals surface area contributed by atoms with E-state index in [2.05, 4.69) is 5.32 Å². The maximum absolute atomic E-state index is 11.9. The second kappa shape index (κ2) is 7.52. The molecule has 2 aromatic rings. The van der Waals surface area contributed by atoms with Crippen LogP contribution in [0.2, 0.25) is 0 Å². The van der Waals surface area contributed by atoms with Crippen LogP contribution in [0.3, 0.4) is 0 Å². The minimum atomic E-state index is -0.475. The van der Waals surface area contributed by atoms with Gasteiger partial charge in [0.1, 0.15) is 12.4 Å². The van der Waals surface area contributed by atoms with E-state index in [0.717, 1.165) is 0 Å². The molecule has 0 saturated carbocycles. The summed E-state index contributed by atoms with van der Waals surface area (Å²) in [6, 6.07) is 11.2. The zero-order valence-electron chi connectivity index (χ0n) is 13.3. The molecule has 8 nitrogen and oxygen atoms in total. The van der Waals surface area contributed by atoms with Crippen molar-refractivity contribution < 1.29 is 23.9 Å². The largest absolute Gasteiger partial charge is 0.492 e. The lowest BCUT2D eigenvalue weighted by atomic mass is 10.1. The van der Waals surface area contributed by atoms with Gasteiger partial charge in [0, 0.05) is 18.2 Å². The van der Waals surface area contributed by atoms with E-state index in [9.17, 15) is 14.9 Å². The van der Waals surface area contributed by atoms with Crippen molar-refractivity contribution in [3.05, 3.63) is 58.1 Å². The minimum Gasteiger partial charge on any atom is -0.492 e. The van der Waals surface area contributed by atoms with Crippen LogP contribution < -0.4 is 19.5 Å². The lowest BCUT2D eigenvalue weighted by Gasteiger charge is -2.08. The normalized spacial score (nSPS) is 11.8. The smallest absolute Gasteiger partial charge is 0.269 e. The van der Waals surface area contributed by atoms with E-state index in [1.165, 1.54) is 12.1 Å². The molecule has 1 heterocycles. The van der Waals surface area contributed by atoms with Crippen LogP contribution in [0.4, 0.5) is 5.69 Å². The number of hydrogen-bond acceptors (Lipinski definition) is 6. The molecular weight excluding hydrogens is 328 g/mol. The molecular formula is C17H16N2O6. The molecule has 0 unspecified atom stereocenters. The average Bonchev–Trinajstić information content (AvgIpc) is 3.07. The van der Waals surface area contributed by atoms with Crippen LogP contribution in [-0.2, 0) is 11.2 Å². The highest BCUT2D eigenvalue weighted by Crippen LogP contribution is 2.34. The van der Waals surface area contributed by atoms with Crippen molar-refractivity contribution in [3.63, 3.8) is 0 Å². The number of carbonyl (C=O) groups is 1. The molecule has 0 bridgehead atoms. The first kappa shape index (κ1) is 16.6. The second-order valence-corrected chi connectivity index (χ2v) is 5.31. The molecule has 3 rings (SSSR count). The average molecular weight is 344 g/mol. The fourth-order valence-corrected chi connectivity index (χ4v) is 2.31. The molecule has 0 aromatic heterocycles. The molecule has 0 saturated heterocycles. The molecule has 1 amide bonds. The second-order valence-electron chi connectivity index (χ2n) is 5.31. The first-order chi connectivity index (χ1) is 12.1. The van der Waals surface area contributed by atoms with Crippen LogP contribution in [0.25, 0.3) is 0 Å². The first-order valence-electron chi connectivity index (χ1n) is 7.64.